The summed E-state index contributed by atoms with van der Waals surface area (Å²) in [6.07, 6.45) is 3.49. The van der Waals surface area contributed by atoms with Crippen LogP contribution in [-0.2, 0) is 11.3 Å². The second-order valence-corrected chi connectivity index (χ2v) is 4.39. The molecule has 0 saturated heterocycles. The summed E-state index contributed by atoms with van der Waals surface area (Å²) >= 11 is 0. The largest absolute Gasteiger partial charge is 0.384 e. The van der Waals surface area contributed by atoms with E-state index in [-0.39, 0.29) is 5.60 Å². The van der Waals surface area contributed by atoms with Gasteiger partial charge in [-0.15, -0.1) is 0 Å². The van der Waals surface area contributed by atoms with Gasteiger partial charge in [-0.05, 0) is 18.7 Å². The Morgan fingerprint density at radius 1 is 1.47 bits per heavy atom. The fraction of sp³-hybridized carbons (Fsp3) is 0.357. The molecule has 1 aromatic carbocycles. The van der Waals surface area contributed by atoms with Crippen molar-refractivity contribution < 1.29 is 4.84 Å². The van der Waals surface area contributed by atoms with E-state index in [1.807, 2.05) is 31.3 Å². The zero-order valence-electron chi connectivity index (χ0n) is 10.1. The van der Waals surface area contributed by atoms with E-state index >= 15 is 0 Å². The average molecular weight is 230 g/mol. The fourth-order valence-corrected chi connectivity index (χ4v) is 2.08. The van der Waals surface area contributed by atoms with Gasteiger partial charge >= 0.3 is 0 Å². The Hall–Kier alpha value is -1.61. The van der Waals surface area contributed by atoms with Crippen LogP contribution in [0.2, 0.25) is 0 Å². The van der Waals surface area contributed by atoms with Gasteiger partial charge in [0, 0.05) is 19.4 Å². The lowest BCUT2D eigenvalue weighted by Gasteiger charge is -2.22. The number of benzene rings is 1. The predicted molar refractivity (Wildman–Crippen MR) is 70.1 cm³/mol. The van der Waals surface area contributed by atoms with Gasteiger partial charge in [-0.25, -0.2) is 0 Å². The molecule has 1 heterocycles. The highest BCUT2D eigenvalue weighted by Gasteiger charge is 2.35. The van der Waals surface area contributed by atoms with E-state index in [0.717, 1.165) is 25.1 Å². The first-order valence-corrected chi connectivity index (χ1v) is 5.84. The van der Waals surface area contributed by atoms with Crippen molar-refractivity contribution in [3.05, 3.63) is 48.6 Å². The van der Waals surface area contributed by atoms with Crippen molar-refractivity contribution in [1.82, 2.24) is 5.32 Å². The normalized spacial score (nSPS) is 23.0. The summed E-state index contributed by atoms with van der Waals surface area (Å²) in [7, 11) is 1.91. The fourth-order valence-electron chi connectivity index (χ4n) is 2.08. The summed E-state index contributed by atoms with van der Waals surface area (Å²) in [6.45, 7) is 4.66. The van der Waals surface area contributed by atoms with Crippen LogP contribution >= 0.6 is 0 Å². The molecule has 90 valence electrons. The Balaban J connectivity index is 2.06. The zero-order chi connectivity index (χ0) is 12.1. The minimum Gasteiger partial charge on any atom is -0.384 e. The van der Waals surface area contributed by atoms with Gasteiger partial charge in [0.2, 0.25) is 0 Å². The van der Waals surface area contributed by atoms with Crippen LogP contribution in [0.25, 0.3) is 0 Å². The maximum atomic E-state index is 5.59. The molecule has 3 nitrogen and oxygen atoms in total. The molecule has 1 aromatic rings. The number of nitrogens with zero attached hydrogens (tertiary/aromatic N) is 1. The lowest BCUT2D eigenvalue weighted by atomic mass is 9.90. The lowest BCUT2D eigenvalue weighted by molar-refractivity contribution is 0.0216. The molecule has 1 aliphatic heterocycles. The highest BCUT2D eigenvalue weighted by molar-refractivity contribution is 5.88. The first-order chi connectivity index (χ1) is 8.28. The summed E-state index contributed by atoms with van der Waals surface area (Å²) in [4.78, 5) is 5.59. The number of nitrogens with one attached hydrogen (secondary N) is 1. The summed E-state index contributed by atoms with van der Waals surface area (Å²) in [5.74, 6) is 0. The van der Waals surface area contributed by atoms with E-state index in [1.54, 1.807) is 0 Å². The van der Waals surface area contributed by atoms with E-state index in [4.69, 9.17) is 4.84 Å². The van der Waals surface area contributed by atoms with Crippen LogP contribution in [0.3, 0.4) is 0 Å². The van der Waals surface area contributed by atoms with E-state index in [9.17, 15) is 0 Å². The van der Waals surface area contributed by atoms with Crippen LogP contribution in [0.15, 0.2) is 48.1 Å². The van der Waals surface area contributed by atoms with Crippen molar-refractivity contribution in [2.75, 3.05) is 13.6 Å². The molecule has 0 aromatic heterocycles. The third-order valence-corrected chi connectivity index (χ3v) is 2.96. The molecule has 0 radical (unpaired) electrons. The molecule has 1 atom stereocenters. The van der Waals surface area contributed by atoms with Gasteiger partial charge in [0.25, 0.3) is 0 Å². The van der Waals surface area contributed by atoms with Crippen molar-refractivity contribution >= 4 is 5.71 Å². The standard InChI is InChI=1S/C14H18N2O/c1-3-14(9-12-7-5-4-6-8-12)10-13(11-15-2)16-17-14/h3-8,15H,1,9-11H2,2H3. The molecule has 17 heavy (non-hydrogen) atoms. The third-order valence-electron chi connectivity index (χ3n) is 2.96. The summed E-state index contributed by atoms with van der Waals surface area (Å²) in [5, 5.41) is 7.22. The Morgan fingerprint density at radius 3 is 2.88 bits per heavy atom. The van der Waals surface area contributed by atoms with Gasteiger partial charge in [0.15, 0.2) is 5.60 Å². The van der Waals surface area contributed by atoms with Gasteiger partial charge in [-0.1, -0.05) is 42.1 Å². The highest BCUT2D eigenvalue weighted by Crippen LogP contribution is 2.29. The quantitative estimate of drug-likeness (QED) is 0.786. The van der Waals surface area contributed by atoms with Crippen molar-refractivity contribution in [2.45, 2.75) is 18.4 Å². The molecule has 3 heteroatoms. The topological polar surface area (TPSA) is 33.6 Å². The highest BCUT2D eigenvalue weighted by atomic mass is 16.7. The minimum absolute atomic E-state index is 0.368. The summed E-state index contributed by atoms with van der Waals surface area (Å²) < 4.78 is 0. The van der Waals surface area contributed by atoms with Gasteiger partial charge in [-0.3, -0.25) is 0 Å². The van der Waals surface area contributed by atoms with Gasteiger partial charge in [0.05, 0.1) is 5.71 Å². The maximum Gasteiger partial charge on any atom is 0.164 e. The second-order valence-electron chi connectivity index (χ2n) is 4.39. The number of hydrogen-bond acceptors (Lipinski definition) is 3. The van der Waals surface area contributed by atoms with Crippen molar-refractivity contribution in [3.63, 3.8) is 0 Å². The molecular formula is C14H18N2O. The van der Waals surface area contributed by atoms with Gasteiger partial charge < -0.3 is 10.2 Å². The predicted octanol–water partition coefficient (Wildman–Crippen LogP) is 2.15. The van der Waals surface area contributed by atoms with Crippen LogP contribution < -0.4 is 5.32 Å². The molecule has 0 fully saturated rings. The lowest BCUT2D eigenvalue weighted by Crippen LogP contribution is -2.30. The molecule has 1 aliphatic rings. The Kier molecular flexibility index (Phi) is 3.59. The Bertz CT molecular complexity index is 413. The summed E-state index contributed by atoms with van der Waals surface area (Å²) in [6, 6.07) is 10.3. The molecular weight excluding hydrogens is 212 g/mol. The van der Waals surface area contributed by atoms with Gasteiger partial charge in [-0.2, -0.15) is 0 Å². The minimum atomic E-state index is -0.368. The molecule has 0 aliphatic carbocycles. The number of hydrogen-bond donors (Lipinski definition) is 1. The molecule has 0 spiro atoms. The Labute approximate surface area is 102 Å². The number of oxime groups is 1. The molecule has 0 saturated carbocycles. The maximum absolute atomic E-state index is 5.59. The monoisotopic (exact) mass is 230 g/mol. The smallest absolute Gasteiger partial charge is 0.164 e. The first-order valence-electron chi connectivity index (χ1n) is 5.84. The van der Waals surface area contributed by atoms with E-state index in [1.165, 1.54) is 5.56 Å². The zero-order valence-corrected chi connectivity index (χ0v) is 10.1. The third kappa shape index (κ3) is 2.74. The summed E-state index contributed by atoms with van der Waals surface area (Å²) in [5.41, 5.74) is 1.92. The van der Waals surface area contributed by atoms with Crippen LogP contribution in [0.5, 0.6) is 0 Å². The average Bonchev–Trinajstić information content (AvgIpc) is 2.75. The van der Waals surface area contributed by atoms with Crippen LogP contribution in [0.1, 0.15) is 12.0 Å². The number of rotatable bonds is 5. The van der Waals surface area contributed by atoms with E-state index in [2.05, 4.69) is 29.2 Å². The molecule has 1 unspecified atom stereocenters. The van der Waals surface area contributed by atoms with E-state index in [0.29, 0.717) is 0 Å². The van der Waals surface area contributed by atoms with Crippen LogP contribution in [-0.4, -0.2) is 24.9 Å². The molecule has 0 amide bonds. The van der Waals surface area contributed by atoms with Crippen molar-refractivity contribution in [3.8, 4) is 0 Å². The first kappa shape index (κ1) is 11.9. The van der Waals surface area contributed by atoms with Crippen molar-refractivity contribution in [1.29, 1.82) is 0 Å². The molecule has 0 bridgehead atoms. The van der Waals surface area contributed by atoms with Crippen molar-refractivity contribution in [2.24, 2.45) is 5.16 Å². The van der Waals surface area contributed by atoms with Crippen LogP contribution in [0, 0.1) is 0 Å². The second kappa shape index (κ2) is 5.15. The van der Waals surface area contributed by atoms with E-state index < -0.39 is 0 Å². The Morgan fingerprint density at radius 2 is 2.24 bits per heavy atom. The molecule has 2 rings (SSSR count). The molecule has 1 N–H and O–H groups in total. The van der Waals surface area contributed by atoms with Gasteiger partial charge in [0.1, 0.15) is 0 Å². The SMILES string of the molecule is C=CC1(Cc2ccccc2)CC(CNC)=NO1. The van der Waals surface area contributed by atoms with Crippen LogP contribution in [0.4, 0.5) is 0 Å².